The number of alkyl halides is 6. The van der Waals surface area contributed by atoms with Crippen LogP contribution >= 0.6 is 8.25 Å². The Kier molecular flexibility index (Phi) is 10.6. The van der Waals surface area contributed by atoms with Gasteiger partial charge in [-0.1, -0.05) is 0 Å². The Balaban J connectivity index is 2.26. The second kappa shape index (κ2) is 13.2. The number of hydrogen-bond acceptors (Lipinski definition) is 5. The van der Waals surface area contributed by atoms with Gasteiger partial charge in [0, 0.05) is 28.5 Å². The molecule has 0 aromatic heterocycles. The first kappa shape index (κ1) is 29.0. The second-order valence-corrected chi connectivity index (χ2v) is 8.12. The van der Waals surface area contributed by atoms with E-state index in [0.717, 1.165) is 12.2 Å². The molecule has 0 aliphatic rings. The topological polar surface area (TPSA) is 54.0 Å². The van der Waals surface area contributed by atoms with Crippen molar-refractivity contribution in [3.05, 3.63) is 71.8 Å². The third-order valence-corrected chi connectivity index (χ3v) is 5.30. The summed E-state index contributed by atoms with van der Waals surface area (Å²) in [5, 5.41) is 0. The van der Waals surface area contributed by atoms with Crippen LogP contribution in [-0.2, 0) is 13.6 Å². The molecule has 196 valence electrons. The van der Waals surface area contributed by atoms with Gasteiger partial charge in [-0.2, -0.15) is 26.3 Å². The molecule has 0 saturated carbocycles. The molecule has 0 atom stereocenters. The Bertz CT molecular complexity index is 961. The summed E-state index contributed by atoms with van der Waals surface area (Å²) in [4.78, 5) is 0. The first-order valence-corrected chi connectivity index (χ1v) is 11.7. The van der Waals surface area contributed by atoms with Gasteiger partial charge in [-0.05, 0) is 73.5 Å². The van der Waals surface area contributed by atoms with Gasteiger partial charge in [-0.15, -0.1) is 0 Å². The summed E-state index contributed by atoms with van der Waals surface area (Å²) in [5.74, 6) is 0.659. The highest BCUT2D eigenvalue weighted by molar-refractivity contribution is 7.34. The molecule has 0 amide bonds. The van der Waals surface area contributed by atoms with Crippen molar-refractivity contribution in [3.63, 3.8) is 0 Å². The molecule has 0 bridgehead atoms. The van der Waals surface area contributed by atoms with Crippen molar-refractivity contribution in [2.75, 3.05) is 14.2 Å². The van der Waals surface area contributed by atoms with E-state index in [-0.39, 0.29) is 11.5 Å². The number of benzene rings is 2. The van der Waals surface area contributed by atoms with Crippen molar-refractivity contribution in [2.24, 2.45) is 0 Å². The highest BCUT2D eigenvalue weighted by atomic mass is 31.1. The van der Waals surface area contributed by atoms with E-state index >= 15 is 0 Å². The Morgan fingerprint density at radius 3 is 1.31 bits per heavy atom. The standard InChI is InChI=1S/C24H24F6O5P/c1-32-19-11-7-17(8-12-19)21(5-3-15-23(25,26)27)34-36(31)35-22(6-4-16-24(28,29)30)18-9-13-20(33-2)14-10-18/h5-14H,3-4,15-16H2,1-2H3/q+1. The highest BCUT2D eigenvalue weighted by Gasteiger charge is 2.31. The van der Waals surface area contributed by atoms with E-state index in [2.05, 4.69) is 0 Å². The minimum Gasteiger partial charge on any atom is -0.497 e. The maximum absolute atomic E-state index is 12.7. The Morgan fingerprint density at radius 2 is 1.03 bits per heavy atom. The number of methoxy groups -OCH3 is 2. The average molecular weight is 537 g/mol. The first-order valence-electron chi connectivity index (χ1n) is 10.6. The number of halogens is 6. The summed E-state index contributed by atoms with van der Waals surface area (Å²) in [6.45, 7) is 0. The molecule has 0 fully saturated rings. The molecule has 2 aromatic rings. The molecular formula is C24H24F6O5P+. The molecule has 12 heteroatoms. The lowest BCUT2D eigenvalue weighted by Crippen LogP contribution is -2.05. The first-order chi connectivity index (χ1) is 16.9. The molecule has 0 radical (unpaired) electrons. The van der Waals surface area contributed by atoms with Crippen LogP contribution in [0.5, 0.6) is 11.5 Å². The molecule has 0 saturated heterocycles. The van der Waals surface area contributed by atoms with Crippen molar-refractivity contribution >= 4 is 19.8 Å². The van der Waals surface area contributed by atoms with Crippen LogP contribution in [0, 0.1) is 0 Å². The summed E-state index contributed by atoms with van der Waals surface area (Å²) >= 11 is 0. The lowest BCUT2D eigenvalue weighted by molar-refractivity contribution is -0.134. The van der Waals surface area contributed by atoms with E-state index in [0.29, 0.717) is 22.6 Å². The van der Waals surface area contributed by atoms with Gasteiger partial charge in [0.2, 0.25) is 0 Å². The van der Waals surface area contributed by atoms with Gasteiger partial charge < -0.3 is 9.47 Å². The Labute approximate surface area is 205 Å². The molecule has 0 unspecified atom stereocenters. The van der Waals surface area contributed by atoms with E-state index < -0.39 is 46.3 Å². The Morgan fingerprint density at radius 1 is 0.694 bits per heavy atom. The van der Waals surface area contributed by atoms with E-state index in [1.54, 1.807) is 0 Å². The van der Waals surface area contributed by atoms with Crippen LogP contribution in [0.3, 0.4) is 0 Å². The molecule has 0 aliphatic heterocycles. The van der Waals surface area contributed by atoms with E-state index in [1.165, 1.54) is 62.8 Å². The van der Waals surface area contributed by atoms with Gasteiger partial charge in [-0.25, -0.2) is 9.05 Å². The number of allylic oxidation sites excluding steroid dienone is 2. The van der Waals surface area contributed by atoms with Gasteiger partial charge in [-0.3, -0.25) is 0 Å². The largest absolute Gasteiger partial charge is 0.805 e. The second-order valence-electron chi connectivity index (χ2n) is 7.31. The van der Waals surface area contributed by atoms with Crippen LogP contribution in [0.4, 0.5) is 26.3 Å². The molecule has 36 heavy (non-hydrogen) atoms. The van der Waals surface area contributed by atoms with Crippen molar-refractivity contribution in [1.29, 1.82) is 0 Å². The van der Waals surface area contributed by atoms with E-state index in [9.17, 15) is 30.9 Å². The van der Waals surface area contributed by atoms with Crippen LogP contribution < -0.4 is 9.47 Å². The van der Waals surface area contributed by atoms with Gasteiger partial charge in [0.25, 0.3) is 0 Å². The third-order valence-electron chi connectivity index (χ3n) is 4.61. The summed E-state index contributed by atoms with van der Waals surface area (Å²) in [7, 11) is -0.165. The smallest absolute Gasteiger partial charge is 0.497 e. The zero-order chi connectivity index (χ0) is 26.8. The fourth-order valence-electron chi connectivity index (χ4n) is 2.84. The molecule has 0 spiro atoms. The summed E-state index contributed by atoms with van der Waals surface area (Å²) in [6, 6.07) is 12.1. The molecule has 2 rings (SSSR count). The zero-order valence-electron chi connectivity index (χ0n) is 19.4. The predicted octanol–water partition coefficient (Wildman–Crippen LogP) is 8.46. The summed E-state index contributed by atoms with van der Waals surface area (Å²) in [5.41, 5.74) is 0.606. The van der Waals surface area contributed by atoms with Crippen molar-refractivity contribution in [1.82, 2.24) is 0 Å². The van der Waals surface area contributed by atoms with Crippen LogP contribution in [0.1, 0.15) is 36.8 Å². The van der Waals surface area contributed by atoms with Crippen molar-refractivity contribution in [3.8, 4) is 11.5 Å². The molecule has 0 heterocycles. The average Bonchev–Trinajstić information content (AvgIpc) is 2.81. The summed E-state index contributed by atoms with van der Waals surface area (Å²) < 4.78 is 109. The predicted molar refractivity (Wildman–Crippen MR) is 122 cm³/mol. The van der Waals surface area contributed by atoms with Gasteiger partial charge in [0.1, 0.15) is 11.5 Å². The maximum atomic E-state index is 12.7. The SMILES string of the molecule is COc1ccc(C(=CCCC(F)(F)F)O[P+](=O)OC(=CCCC(F)(F)F)c2ccc(OC)cc2)cc1. The van der Waals surface area contributed by atoms with Crippen LogP contribution in [0.15, 0.2) is 60.7 Å². The molecular weight excluding hydrogens is 513 g/mol. The normalized spacial score (nSPS) is 13.3. The quantitative estimate of drug-likeness (QED) is 0.154. The molecule has 0 N–H and O–H groups in total. The van der Waals surface area contributed by atoms with Gasteiger partial charge in [0.05, 0.1) is 14.2 Å². The fourth-order valence-corrected chi connectivity index (χ4v) is 3.56. The van der Waals surface area contributed by atoms with Crippen LogP contribution in [-0.4, -0.2) is 26.6 Å². The Hall–Kier alpha value is -3.20. The third kappa shape index (κ3) is 10.6. The van der Waals surface area contributed by atoms with Crippen LogP contribution in [0.2, 0.25) is 0 Å². The van der Waals surface area contributed by atoms with Crippen molar-refractivity contribution < 1.29 is 49.4 Å². The zero-order valence-corrected chi connectivity index (χ0v) is 20.3. The van der Waals surface area contributed by atoms with Crippen molar-refractivity contribution in [2.45, 2.75) is 38.0 Å². The molecule has 2 aromatic carbocycles. The number of ether oxygens (including phenoxy) is 2. The monoisotopic (exact) mass is 537 g/mol. The minimum atomic E-state index is -4.41. The molecule has 0 aliphatic carbocycles. The van der Waals surface area contributed by atoms with E-state index in [4.69, 9.17) is 18.5 Å². The summed E-state index contributed by atoms with van der Waals surface area (Å²) in [6.07, 6.45) is -9.78. The fraction of sp³-hybridized carbons (Fsp3) is 0.333. The number of hydrogen-bond donors (Lipinski definition) is 0. The van der Waals surface area contributed by atoms with E-state index in [1.807, 2.05) is 0 Å². The highest BCUT2D eigenvalue weighted by Crippen LogP contribution is 2.39. The maximum Gasteiger partial charge on any atom is 0.805 e. The lowest BCUT2D eigenvalue weighted by atomic mass is 10.1. The van der Waals surface area contributed by atoms with Gasteiger partial charge in [0.15, 0.2) is 11.5 Å². The van der Waals surface area contributed by atoms with Gasteiger partial charge >= 0.3 is 20.6 Å². The lowest BCUT2D eigenvalue weighted by Gasteiger charge is -2.07. The molecule has 5 nitrogen and oxygen atoms in total. The van der Waals surface area contributed by atoms with Crippen LogP contribution in [0.25, 0.3) is 11.5 Å². The number of rotatable bonds is 12. The minimum absolute atomic E-state index is 0.146.